The van der Waals surface area contributed by atoms with Gasteiger partial charge in [-0.1, -0.05) is 23.5 Å². The van der Waals surface area contributed by atoms with Crippen molar-refractivity contribution in [3.63, 3.8) is 0 Å². The zero-order valence-corrected chi connectivity index (χ0v) is 18.9. The number of fused-ring (bicyclic) bond motifs is 1. The number of methoxy groups -OCH3 is 1. The zero-order valence-electron chi connectivity index (χ0n) is 18.1. The maximum Gasteiger partial charge on any atom is 0.262 e. The molecule has 0 saturated carbocycles. The summed E-state index contributed by atoms with van der Waals surface area (Å²) in [6.07, 6.45) is 0.281. The van der Waals surface area contributed by atoms with E-state index < -0.39 is 24.3 Å². The minimum absolute atomic E-state index is 0.0263. The minimum atomic E-state index is -0.556. The molecule has 3 aromatic rings. The van der Waals surface area contributed by atoms with Crippen LogP contribution in [0.3, 0.4) is 0 Å². The molecular weight excluding hydrogens is 458 g/mol. The highest BCUT2D eigenvalue weighted by atomic mass is 32.1. The number of rotatable bonds is 6. The van der Waals surface area contributed by atoms with Crippen LogP contribution in [0.5, 0.6) is 5.75 Å². The Morgan fingerprint density at radius 3 is 2.38 bits per heavy atom. The molecule has 34 heavy (non-hydrogen) atoms. The number of benzene rings is 2. The third-order valence-corrected chi connectivity index (χ3v) is 6.73. The van der Waals surface area contributed by atoms with Gasteiger partial charge in [0, 0.05) is 24.6 Å². The van der Waals surface area contributed by atoms with Crippen molar-refractivity contribution in [3.05, 3.63) is 64.7 Å². The van der Waals surface area contributed by atoms with E-state index in [0.29, 0.717) is 17.3 Å². The summed E-state index contributed by atoms with van der Waals surface area (Å²) in [6, 6.07) is 13.7. The molecule has 2 aliphatic rings. The van der Waals surface area contributed by atoms with E-state index in [-0.39, 0.29) is 34.5 Å². The molecule has 1 atom stereocenters. The van der Waals surface area contributed by atoms with Gasteiger partial charge in [0.15, 0.2) is 0 Å². The van der Waals surface area contributed by atoms with Gasteiger partial charge >= 0.3 is 0 Å². The van der Waals surface area contributed by atoms with Gasteiger partial charge in [-0.2, -0.15) is 0 Å². The summed E-state index contributed by atoms with van der Waals surface area (Å²) in [5.41, 5.74) is 1.34. The molecule has 0 radical (unpaired) electrons. The Balaban J connectivity index is 1.21. The lowest BCUT2D eigenvalue weighted by molar-refractivity contribution is -0.117. The van der Waals surface area contributed by atoms with E-state index in [1.807, 2.05) is 12.1 Å². The molecule has 0 spiro atoms. The molecule has 10 nitrogen and oxygen atoms in total. The first-order valence-corrected chi connectivity index (χ1v) is 11.3. The van der Waals surface area contributed by atoms with Crippen LogP contribution in [0.2, 0.25) is 0 Å². The summed E-state index contributed by atoms with van der Waals surface area (Å²) in [7, 11) is 1.58. The van der Waals surface area contributed by atoms with Crippen molar-refractivity contribution >= 4 is 45.8 Å². The van der Waals surface area contributed by atoms with Crippen LogP contribution in [-0.2, 0) is 9.59 Å². The smallest absolute Gasteiger partial charge is 0.262 e. The van der Waals surface area contributed by atoms with Crippen molar-refractivity contribution in [2.45, 2.75) is 12.3 Å². The van der Waals surface area contributed by atoms with Crippen molar-refractivity contribution in [1.82, 2.24) is 15.1 Å². The van der Waals surface area contributed by atoms with Crippen molar-refractivity contribution in [3.8, 4) is 5.75 Å². The quantitative estimate of drug-likeness (QED) is 0.541. The maximum absolute atomic E-state index is 12.6. The standard InChI is InChI=1S/C23H19N5O5S/c1-33-15-8-6-14(7-9-15)27-11-13(10-19(27)30)20-25-26-23(34-20)24-18(29)12-28-21(31)16-4-2-3-5-17(16)22(28)32/h2-9,13H,10-12H2,1H3,(H,24,26,29)/t13-/m1/s1. The molecule has 1 aromatic heterocycles. The van der Waals surface area contributed by atoms with Gasteiger partial charge in [0.1, 0.15) is 17.3 Å². The number of anilines is 2. The van der Waals surface area contributed by atoms with Crippen molar-refractivity contribution in [2.24, 2.45) is 0 Å². The lowest BCUT2D eigenvalue weighted by Crippen LogP contribution is -2.37. The summed E-state index contributed by atoms with van der Waals surface area (Å²) < 4.78 is 5.16. The largest absolute Gasteiger partial charge is 0.497 e. The summed E-state index contributed by atoms with van der Waals surface area (Å²) in [5.74, 6) is -1.04. The average Bonchev–Trinajstić information content (AvgIpc) is 3.53. The highest BCUT2D eigenvalue weighted by Gasteiger charge is 2.37. The lowest BCUT2D eigenvalue weighted by Gasteiger charge is -2.16. The van der Waals surface area contributed by atoms with E-state index in [4.69, 9.17) is 4.74 Å². The number of imide groups is 1. The predicted octanol–water partition coefficient (Wildman–Crippen LogP) is 2.30. The Morgan fingerprint density at radius 2 is 1.74 bits per heavy atom. The van der Waals surface area contributed by atoms with Gasteiger partial charge in [-0.25, -0.2) is 0 Å². The Bertz CT molecular complexity index is 1270. The molecule has 0 bridgehead atoms. The van der Waals surface area contributed by atoms with E-state index in [1.165, 1.54) is 11.3 Å². The lowest BCUT2D eigenvalue weighted by atomic mass is 10.1. The zero-order chi connectivity index (χ0) is 23.8. The maximum atomic E-state index is 12.6. The Hall–Kier alpha value is -4.12. The molecule has 3 heterocycles. The fraction of sp³-hybridized carbons (Fsp3) is 0.217. The molecule has 172 valence electrons. The summed E-state index contributed by atoms with van der Waals surface area (Å²) in [6.45, 7) is 0.0250. The van der Waals surface area contributed by atoms with E-state index in [1.54, 1.807) is 48.4 Å². The van der Waals surface area contributed by atoms with Gasteiger partial charge in [0.05, 0.1) is 18.2 Å². The molecule has 2 aliphatic heterocycles. The molecule has 1 N–H and O–H groups in total. The summed E-state index contributed by atoms with van der Waals surface area (Å²) in [4.78, 5) is 52.5. The first-order valence-electron chi connectivity index (χ1n) is 10.5. The van der Waals surface area contributed by atoms with E-state index >= 15 is 0 Å². The predicted molar refractivity (Wildman–Crippen MR) is 123 cm³/mol. The molecule has 0 unspecified atom stereocenters. The van der Waals surface area contributed by atoms with Crippen LogP contribution in [0.1, 0.15) is 38.1 Å². The molecule has 2 aromatic carbocycles. The van der Waals surface area contributed by atoms with Crippen LogP contribution >= 0.6 is 11.3 Å². The van der Waals surface area contributed by atoms with Crippen LogP contribution in [0.15, 0.2) is 48.5 Å². The fourth-order valence-corrected chi connectivity index (χ4v) is 4.87. The van der Waals surface area contributed by atoms with Gasteiger partial charge in [0.2, 0.25) is 16.9 Å². The number of ether oxygens (including phenoxy) is 1. The normalized spacial score (nSPS) is 17.3. The Morgan fingerprint density at radius 1 is 1.06 bits per heavy atom. The van der Waals surface area contributed by atoms with E-state index in [9.17, 15) is 19.2 Å². The third-order valence-electron chi connectivity index (χ3n) is 5.73. The van der Waals surface area contributed by atoms with Gasteiger partial charge in [-0.3, -0.25) is 29.4 Å². The van der Waals surface area contributed by atoms with Crippen LogP contribution in [0.4, 0.5) is 10.8 Å². The summed E-state index contributed by atoms with van der Waals surface area (Å²) >= 11 is 1.17. The van der Waals surface area contributed by atoms with Crippen molar-refractivity contribution in [1.29, 1.82) is 0 Å². The molecule has 11 heteroatoms. The van der Waals surface area contributed by atoms with Crippen LogP contribution < -0.4 is 15.0 Å². The van der Waals surface area contributed by atoms with Gasteiger partial charge in [-0.05, 0) is 36.4 Å². The first-order chi connectivity index (χ1) is 16.4. The molecule has 4 amide bonds. The highest BCUT2D eigenvalue weighted by molar-refractivity contribution is 7.15. The first kappa shape index (κ1) is 21.7. The molecule has 5 rings (SSSR count). The van der Waals surface area contributed by atoms with Gasteiger partial charge in [0.25, 0.3) is 11.8 Å². The fourth-order valence-electron chi connectivity index (χ4n) is 4.02. The van der Waals surface area contributed by atoms with E-state index in [0.717, 1.165) is 10.6 Å². The molecule has 1 saturated heterocycles. The van der Waals surface area contributed by atoms with Crippen LogP contribution in [-0.4, -0.2) is 58.9 Å². The number of hydrogen-bond acceptors (Lipinski definition) is 8. The second-order valence-electron chi connectivity index (χ2n) is 7.84. The van der Waals surface area contributed by atoms with Gasteiger partial charge in [-0.15, -0.1) is 10.2 Å². The number of aromatic nitrogens is 2. The molecular formula is C23H19N5O5S. The Kier molecular flexibility index (Phi) is 5.54. The van der Waals surface area contributed by atoms with Crippen LogP contribution in [0, 0.1) is 0 Å². The molecule has 0 aliphatic carbocycles. The SMILES string of the molecule is COc1ccc(N2C[C@H](c3nnc(NC(=O)CN4C(=O)c5ccccc5C4=O)s3)CC2=O)cc1. The Labute approximate surface area is 198 Å². The van der Waals surface area contributed by atoms with Crippen molar-refractivity contribution in [2.75, 3.05) is 30.4 Å². The number of carbonyl (C=O) groups is 4. The number of nitrogens with one attached hydrogen (secondary N) is 1. The summed E-state index contributed by atoms with van der Waals surface area (Å²) in [5, 5.41) is 11.6. The van der Waals surface area contributed by atoms with E-state index in [2.05, 4.69) is 15.5 Å². The third kappa shape index (κ3) is 3.90. The monoisotopic (exact) mass is 477 g/mol. The number of amides is 4. The van der Waals surface area contributed by atoms with Crippen molar-refractivity contribution < 1.29 is 23.9 Å². The second-order valence-corrected chi connectivity index (χ2v) is 8.85. The topological polar surface area (TPSA) is 122 Å². The number of carbonyl (C=O) groups excluding carboxylic acids is 4. The second kappa shape index (κ2) is 8.67. The number of hydrogen-bond donors (Lipinski definition) is 1. The van der Waals surface area contributed by atoms with Crippen LogP contribution in [0.25, 0.3) is 0 Å². The molecule has 1 fully saturated rings. The van der Waals surface area contributed by atoms with Gasteiger partial charge < -0.3 is 9.64 Å². The highest BCUT2D eigenvalue weighted by Crippen LogP contribution is 2.34. The average molecular weight is 478 g/mol. The number of nitrogens with zero attached hydrogens (tertiary/aromatic N) is 4. The minimum Gasteiger partial charge on any atom is -0.497 e.